The molecule has 2 heteroatoms. The Labute approximate surface area is 78.6 Å². The predicted molar refractivity (Wildman–Crippen MR) is 50.5 cm³/mol. The van der Waals surface area contributed by atoms with Crippen LogP contribution >= 0.6 is 0 Å². The van der Waals surface area contributed by atoms with E-state index in [4.69, 9.17) is 4.42 Å². The summed E-state index contributed by atoms with van der Waals surface area (Å²) in [6.07, 6.45) is 4.62. The zero-order valence-electron chi connectivity index (χ0n) is 8.21. The molecule has 1 aliphatic carbocycles. The molecule has 0 aliphatic heterocycles. The van der Waals surface area contributed by atoms with Crippen LogP contribution in [-0.4, -0.2) is 10.7 Å². The lowest BCUT2D eigenvalue weighted by atomic mass is 9.75. The monoisotopic (exact) mass is 180 g/mol. The Hall–Kier alpha value is -0.760. The van der Waals surface area contributed by atoms with E-state index in [1.807, 2.05) is 19.1 Å². The Balaban J connectivity index is 2.40. The topological polar surface area (TPSA) is 33.4 Å². The lowest BCUT2D eigenvalue weighted by Gasteiger charge is -2.34. The molecule has 72 valence electrons. The fraction of sp³-hybridized carbons (Fsp3) is 0.636. The maximum Gasteiger partial charge on any atom is 0.112 e. The van der Waals surface area contributed by atoms with Gasteiger partial charge in [0.1, 0.15) is 5.76 Å². The van der Waals surface area contributed by atoms with Crippen molar-refractivity contribution in [3.63, 3.8) is 0 Å². The highest BCUT2D eigenvalue weighted by Crippen LogP contribution is 2.47. The molecule has 0 spiro atoms. The number of aliphatic hydroxyl groups is 1. The summed E-state index contributed by atoms with van der Waals surface area (Å²) in [6.45, 7) is 3.99. The van der Waals surface area contributed by atoms with Crippen LogP contribution in [0.5, 0.6) is 0 Å². The third-order valence-corrected chi connectivity index (χ3v) is 3.59. The van der Waals surface area contributed by atoms with Gasteiger partial charge in [0.15, 0.2) is 0 Å². The minimum absolute atomic E-state index is 0.198. The van der Waals surface area contributed by atoms with E-state index in [2.05, 4.69) is 6.92 Å². The summed E-state index contributed by atoms with van der Waals surface area (Å²) in [5.74, 6) is 0.912. The van der Waals surface area contributed by atoms with Crippen molar-refractivity contribution in [3.8, 4) is 0 Å². The molecule has 1 saturated carbocycles. The lowest BCUT2D eigenvalue weighted by molar-refractivity contribution is -0.00197. The molecule has 1 heterocycles. The first kappa shape index (κ1) is 8.82. The van der Waals surface area contributed by atoms with Crippen molar-refractivity contribution in [1.82, 2.24) is 0 Å². The lowest BCUT2D eigenvalue weighted by Crippen LogP contribution is -2.42. The van der Waals surface area contributed by atoms with Crippen molar-refractivity contribution in [3.05, 3.63) is 24.2 Å². The maximum absolute atomic E-state index is 10.2. The molecule has 1 aromatic rings. The molecule has 2 nitrogen and oxygen atoms in total. The largest absolute Gasteiger partial charge is 0.469 e. The summed E-state index contributed by atoms with van der Waals surface area (Å²) in [5.41, 5.74) is -0.818. The van der Waals surface area contributed by atoms with Crippen LogP contribution in [0, 0.1) is 0 Å². The van der Waals surface area contributed by atoms with E-state index in [0.29, 0.717) is 0 Å². The molecule has 1 N–H and O–H groups in total. The molecular weight excluding hydrogens is 164 g/mol. The van der Waals surface area contributed by atoms with Gasteiger partial charge in [0.25, 0.3) is 0 Å². The first-order valence-corrected chi connectivity index (χ1v) is 4.83. The van der Waals surface area contributed by atoms with Crippen LogP contribution in [-0.2, 0) is 5.41 Å². The van der Waals surface area contributed by atoms with Gasteiger partial charge in [-0.25, -0.2) is 0 Å². The molecule has 13 heavy (non-hydrogen) atoms. The zero-order valence-corrected chi connectivity index (χ0v) is 8.21. The molecule has 2 atom stereocenters. The molecule has 0 bridgehead atoms. The third kappa shape index (κ3) is 1.12. The van der Waals surface area contributed by atoms with E-state index in [-0.39, 0.29) is 5.41 Å². The average molecular weight is 180 g/mol. The van der Waals surface area contributed by atoms with Gasteiger partial charge in [0.2, 0.25) is 0 Å². The first-order valence-electron chi connectivity index (χ1n) is 4.83. The van der Waals surface area contributed by atoms with Gasteiger partial charge in [0.05, 0.1) is 17.3 Å². The summed E-state index contributed by atoms with van der Waals surface area (Å²) < 4.78 is 5.40. The van der Waals surface area contributed by atoms with Gasteiger partial charge in [-0.3, -0.25) is 0 Å². The van der Waals surface area contributed by atoms with Crippen molar-refractivity contribution in [2.45, 2.75) is 44.1 Å². The van der Waals surface area contributed by atoms with Crippen LogP contribution in [0.4, 0.5) is 0 Å². The molecule has 1 fully saturated rings. The van der Waals surface area contributed by atoms with Crippen LogP contribution in [0.15, 0.2) is 22.8 Å². The van der Waals surface area contributed by atoms with Crippen LogP contribution in [0.3, 0.4) is 0 Å². The van der Waals surface area contributed by atoms with Crippen LogP contribution < -0.4 is 0 Å². The first-order chi connectivity index (χ1) is 6.06. The molecule has 0 aromatic carbocycles. The second-order valence-electron chi connectivity index (χ2n) is 4.44. The Bertz CT molecular complexity index is 287. The Morgan fingerprint density at radius 2 is 2.15 bits per heavy atom. The molecule has 0 saturated heterocycles. The molecular formula is C11H16O2. The molecule has 1 aliphatic rings. The van der Waals surface area contributed by atoms with Gasteiger partial charge < -0.3 is 9.52 Å². The summed E-state index contributed by atoms with van der Waals surface area (Å²) in [4.78, 5) is 0. The molecule has 2 unspecified atom stereocenters. The van der Waals surface area contributed by atoms with Crippen molar-refractivity contribution in [2.75, 3.05) is 0 Å². The fourth-order valence-electron chi connectivity index (χ4n) is 2.31. The van der Waals surface area contributed by atoms with Crippen LogP contribution in [0.1, 0.15) is 38.9 Å². The van der Waals surface area contributed by atoms with E-state index in [1.165, 1.54) is 0 Å². The van der Waals surface area contributed by atoms with Crippen molar-refractivity contribution in [1.29, 1.82) is 0 Å². The minimum atomic E-state index is -0.620. The molecule has 2 rings (SSSR count). The fourth-order valence-corrected chi connectivity index (χ4v) is 2.31. The van der Waals surface area contributed by atoms with E-state index >= 15 is 0 Å². The Morgan fingerprint density at radius 3 is 2.62 bits per heavy atom. The van der Waals surface area contributed by atoms with E-state index in [9.17, 15) is 5.11 Å². The standard InChI is InChI=1S/C11H16O2/c1-10(9-5-3-8-13-9)6-4-7-11(10,2)12/h3,5,8,12H,4,6-7H2,1-2H3. The zero-order chi connectivity index (χ0) is 9.53. The smallest absolute Gasteiger partial charge is 0.112 e. The number of rotatable bonds is 1. The number of hydrogen-bond acceptors (Lipinski definition) is 2. The van der Waals surface area contributed by atoms with Gasteiger partial charge in [-0.2, -0.15) is 0 Å². The SMILES string of the molecule is CC1(O)CCCC1(C)c1ccco1. The number of furan rings is 1. The Kier molecular flexibility index (Phi) is 1.77. The quantitative estimate of drug-likeness (QED) is 0.720. The highest BCUT2D eigenvalue weighted by Gasteiger charge is 2.50. The van der Waals surface area contributed by atoms with E-state index < -0.39 is 5.60 Å². The van der Waals surface area contributed by atoms with Gasteiger partial charge in [-0.1, -0.05) is 0 Å². The van der Waals surface area contributed by atoms with E-state index in [0.717, 1.165) is 25.0 Å². The second-order valence-corrected chi connectivity index (χ2v) is 4.44. The highest BCUT2D eigenvalue weighted by molar-refractivity contribution is 5.21. The van der Waals surface area contributed by atoms with Crippen LogP contribution in [0.25, 0.3) is 0 Å². The summed E-state index contributed by atoms with van der Waals surface area (Å²) in [7, 11) is 0. The normalized spacial score (nSPS) is 39.6. The van der Waals surface area contributed by atoms with Crippen LogP contribution in [0.2, 0.25) is 0 Å². The average Bonchev–Trinajstić information content (AvgIpc) is 2.61. The summed E-state index contributed by atoms with van der Waals surface area (Å²) in [6, 6.07) is 3.84. The number of hydrogen-bond donors (Lipinski definition) is 1. The molecule has 0 radical (unpaired) electrons. The molecule has 1 aromatic heterocycles. The van der Waals surface area contributed by atoms with Crippen molar-refractivity contribution < 1.29 is 9.52 Å². The predicted octanol–water partition coefficient (Wildman–Crippen LogP) is 2.47. The van der Waals surface area contributed by atoms with Crippen molar-refractivity contribution >= 4 is 0 Å². The molecule has 0 amide bonds. The third-order valence-electron chi connectivity index (χ3n) is 3.59. The maximum atomic E-state index is 10.2. The van der Waals surface area contributed by atoms with Crippen molar-refractivity contribution in [2.24, 2.45) is 0 Å². The van der Waals surface area contributed by atoms with E-state index in [1.54, 1.807) is 6.26 Å². The summed E-state index contributed by atoms with van der Waals surface area (Å²) in [5, 5.41) is 10.2. The Morgan fingerprint density at radius 1 is 1.38 bits per heavy atom. The summed E-state index contributed by atoms with van der Waals surface area (Å²) >= 11 is 0. The highest BCUT2D eigenvalue weighted by atomic mass is 16.3. The van der Waals surface area contributed by atoms with Gasteiger partial charge >= 0.3 is 0 Å². The minimum Gasteiger partial charge on any atom is -0.469 e. The van der Waals surface area contributed by atoms with Gasteiger partial charge in [-0.05, 0) is 45.2 Å². The van der Waals surface area contributed by atoms with Gasteiger partial charge in [-0.15, -0.1) is 0 Å². The second kappa shape index (κ2) is 2.61. The van der Waals surface area contributed by atoms with Gasteiger partial charge in [0, 0.05) is 0 Å².